The molecule has 0 radical (unpaired) electrons. The predicted molar refractivity (Wildman–Crippen MR) is 69.8 cm³/mol. The molecule has 4 nitrogen and oxygen atoms in total. The molecular weight excluding hydrogens is 252 g/mol. The maximum Gasteiger partial charge on any atom is 0.291 e. The van der Waals surface area contributed by atoms with Crippen molar-refractivity contribution in [1.82, 2.24) is 5.32 Å². The van der Waals surface area contributed by atoms with Crippen molar-refractivity contribution in [2.45, 2.75) is 18.9 Å². The second-order valence-corrected chi connectivity index (χ2v) is 4.87. The Hall–Kier alpha value is -1.52. The summed E-state index contributed by atoms with van der Waals surface area (Å²) in [6, 6.07) is 5.40. The molecule has 0 spiro atoms. The zero-order valence-corrected chi connectivity index (χ0v) is 10.5. The number of anilines is 1. The van der Waals surface area contributed by atoms with Crippen LogP contribution in [0.5, 0.6) is 5.75 Å². The number of amides is 1. The Labute approximate surface area is 110 Å². The van der Waals surface area contributed by atoms with Crippen LogP contribution in [0.3, 0.4) is 0 Å². The minimum atomic E-state index is -0.224. The van der Waals surface area contributed by atoms with Crippen LogP contribution in [0.4, 0.5) is 5.69 Å². The molecule has 0 saturated carbocycles. The number of rotatable bonds is 1. The van der Waals surface area contributed by atoms with Crippen molar-refractivity contribution in [3.8, 4) is 5.75 Å². The summed E-state index contributed by atoms with van der Waals surface area (Å²) in [5, 5.41) is 6.65. The van der Waals surface area contributed by atoms with Crippen molar-refractivity contribution in [1.29, 1.82) is 0 Å². The Balaban J connectivity index is 1.87. The first-order valence-electron chi connectivity index (χ1n) is 5.96. The molecular formula is C13H13ClN2O2. The van der Waals surface area contributed by atoms with Gasteiger partial charge in [-0.05, 0) is 43.7 Å². The molecule has 2 N–H and O–H groups in total. The number of fused-ring (bicyclic) bond motifs is 1. The van der Waals surface area contributed by atoms with Gasteiger partial charge in [0.2, 0.25) is 0 Å². The van der Waals surface area contributed by atoms with Crippen LogP contribution in [-0.4, -0.2) is 18.5 Å². The standard InChI is InChI=1S/C13H13ClN2O2/c14-8-3-4-11-10(6-8)16-13(17)12(18-11)7-9-2-1-5-15-9/h3-4,6-7,9,15H,1-2,5H2,(H,16,17)/b12-7-. The second-order valence-electron chi connectivity index (χ2n) is 4.43. The van der Waals surface area contributed by atoms with Crippen molar-refractivity contribution >= 4 is 23.2 Å². The summed E-state index contributed by atoms with van der Waals surface area (Å²) < 4.78 is 5.61. The molecule has 0 aliphatic carbocycles. The van der Waals surface area contributed by atoms with E-state index in [4.69, 9.17) is 16.3 Å². The predicted octanol–water partition coefficient (Wildman–Crippen LogP) is 2.31. The van der Waals surface area contributed by atoms with Gasteiger partial charge in [-0.2, -0.15) is 0 Å². The molecule has 3 rings (SSSR count). The van der Waals surface area contributed by atoms with Gasteiger partial charge in [-0.25, -0.2) is 0 Å². The van der Waals surface area contributed by atoms with E-state index in [9.17, 15) is 4.79 Å². The fourth-order valence-electron chi connectivity index (χ4n) is 2.18. The topological polar surface area (TPSA) is 50.4 Å². The minimum Gasteiger partial charge on any atom is -0.450 e. The van der Waals surface area contributed by atoms with Crippen molar-refractivity contribution in [2.75, 3.05) is 11.9 Å². The number of benzene rings is 1. The average Bonchev–Trinajstić information content (AvgIpc) is 2.83. The second kappa shape index (κ2) is 4.63. The number of ether oxygens (including phenoxy) is 1. The highest BCUT2D eigenvalue weighted by Gasteiger charge is 2.24. The molecule has 2 heterocycles. The Kier molecular flexibility index (Phi) is 2.97. The Bertz CT molecular complexity index is 522. The quantitative estimate of drug-likeness (QED) is 0.766. The van der Waals surface area contributed by atoms with E-state index >= 15 is 0 Å². The van der Waals surface area contributed by atoms with Crippen molar-refractivity contribution in [2.24, 2.45) is 0 Å². The monoisotopic (exact) mass is 264 g/mol. The van der Waals surface area contributed by atoms with E-state index in [2.05, 4.69) is 10.6 Å². The maximum absolute atomic E-state index is 11.9. The van der Waals surface area contributed by atoms with Gasteiger partial charge in [0.25, 0.3) is 5.91 Å². The molecule has 1 fully saturated rings. The Morgan fingerprint density at radius 2 is 2.33 bits per heavy atom. The van der Waals surface area contributed by atoms with Crippen LogP contribution in [0.2, 0.25) is 5.02 Å². The first kappa shape index (κ1) is 11.6. The number of carbonyl (C=O) groups is 1. The van der Waals surface area contributed by atoms with Crippen molar-refractivity contribution in [3.05, 3.63) is 35.1 Å². The minimum absolute atomic E-state index is 0.222. The van der Waals surface area contributed by atoms with Gasteiger partial charge >= 0.3 is 0 Å². The van der Waals surface area contributed by atoms with Gasteiger partial charge < -0.3 is 15.4 Å². The zero-order valence-electron chi connectivity index (χ0n) is 9.70. The van der Waals surface area contributed by atoms with Crippen LogP contribution in [0.25, 0.3) is 0 Å². The van der Waals surface area contributed by atoms with Crippen LogP contribution in [-0.2, 0) is 4.79 Å². The summed E-state index contributed by atoms with van der Waals surface area (Å²) in [7, 11) is 0. The third-order valence-corrected chi connectivity index (χ3v) is 3.32. The summed E-state index contributed by atoms with van der Waals surface area (Å²) in [6.45, 7) is 0.988. The molecule has 1 amide bonds. The summed E-state index contributed by atoms with van der Waals surface area (Å²) in [5.74, 6) is 0.755. The van der Waals surface area contributed by atoms with Crippen molar-refractivity contribution < 1.29 is 9.53 Å². The van der Waals surface area contributed by atoms with Gasteiger partial charge in [0.05, 0.1) is 5.69 Å². The fraction of sp³-hybridized carbons (Fsp3) is 0.308. The van der Waals surface area contributed by atoms with E-state index < -0.39 is 0 Å². The number of carbonyl (C=O) groups excluding carboxylic acids is 1. The first-order chi connectivity index (χ1) is 8.72. The summed E-state index contributed by atoms with van der Waals surface area (Å²) >= 11 is 5.87. The molecule has 2 aliphatic rings. The van der Waals surface area contributed by atoms with E-state index in [0.29, 0.717) is 22.2 Å². The Morgan fingerprint density at radius 1 is 1.44 bits per heavy atom. The normalized spacial score (nSPS) is 24.6. The van der Waals surface area contributed by atoms with Crippen LogP contribution in [0, 0.1) is 0 Å². The van der Waals surface area contributed by atoms with Crippen LogP contribution in [0.15, 0.2) is 30.0 Å². The number of halogens is 1. The molecule has 1 unspecified atom stereocenters. The molecule has 1 aromatic carbocycles. The highest BCUT2D eigenvalue weighted by atomic mass is 35.5. The molecule has 0 bridgehead atoms. The van der Waals surface area contributed by atoms with Crippen LogP contribution in [0.1, 0.15) is 12.8 Å². The largest absolute Gasteiger partial charge is 0.450 e. The van der Waals surface area contributed by atoms with E-state index in [1.165, 1.54) is 0 Å². The summed E-state index contributed by atoms with van der Waals surface area (Å²) in [5.41, 5.74) is 0.615. The third-order valence-electron chi connectivity index (χ3n) is 3.08. The molecule has 1 atom stereocenters. The number of nitrogens with one attached hydrogen (secondary N) is 2. The fourth-order valence-corrected chi connectivity index (χ4v) is 2.36. The maximum atomic E-state index is 11.9. The SMILES string of the molecule is O=C1Nc2cc(Cl)ccc2O/C1=C\C1CCCN1. The van der Waals surface area contributed by atoms with Gasteiger partial charge in [0, 0.05) is 11.1 Å². The number of hydrogen-bond donors (Lipinski definition) is 2. The smallest absolute Gasteiger partial charge is 0.291 e. The summed E-state index contributed by atoms with van der Waals surface area (Å²) in [4.78, 5) is 11.9. The Morgan fingerprint density at radius 3 is 3.11 bits per heavy atom. The van der Waals surface area contributed by atoms with Gasteiger partial charge in [-0.15, -0.1) is 0 Å². The van der Waals surface area contributed by atoms with Crippen molar-refractivity contribution in [3.63, 3.8) is 0 Å². The molecule has 5 heteroatoms. The molecule has 1 saturated heterocycles. The zero-order chi connectivity index (χ0) is 12.5. The van der Waals surface area contributed by atoms with E-state index in [1.54, 1.807) is 18.2 Å². The molecule has 18 heavy (non-hydrogen) atoms. The average molecular weight is 265 g/mol. The third kappa shape index (κ3) is 2.21. The molecule has 94 valence electrons. The lowest BCUT2D eigenvalue weighted by Gasteiger charge is -2.20. The lowest BCUT2D eigenvalue weighted by atomic mass is 10.2. The van der Waals surface area contributed by atoms with E-state index in [1.807, 2.05) is 6.08 Å². The summed E-state index contributed by atoms with van der Waals surface area (Å²) in [6.07, 6.45) is 4.01. The van der Waals surface area contributed by atoms with Gasteiger partial charge in [0.15, 0.2) is 11.5 Å². The van der Waals surface area contributed by atoms with Crippen LogP contribution < -0.4 is 15.4 Å². The molecule has 1 aromatic rings. The highest BCUT2D eigenvalue weighted by molar-refractivity contribution is 6.31. The molecule has 2 aliphatic heterocycles. The van der Waals surface area contributed by atoms with Gasteiger partial charge in [-0.3, -0.25) is 4.79 Å². The lowest BCUT2D eigenvalue weighted by Crippen LogP contribution is -2.27. The van der Waals surface area contributed by atoms with Gasteiger partial charge in [0.1, 0.15) is 0 Å². The highest BCUT2D eigenvalue weighted by Crippen LogP contribution is 2.33. The molecule has 0 aromatic heterocycles. The van der Waals surface area contributed by atoms with Gasteiger partial charge in [-0.1, -0.05) is 11.6 Å². The van der Waals surface area contributed by atoms with E-state index in [-0.39, 0.29) is 11.9 Å². The first-order valence-corrected chi connectivity index (χ1v) is 6.34. The van der Waals surface area contributed by atoms with E-state index in [0.717, 1.165) is 19.4 Å². The van der Waals surface area contributed by atoms with Crippen LogP contribution >= 0.6 is 11.6 Å². The number of hydrogen-bond acceptors (Lipinski definition) is 3. The lowest BCUT2D eigenvalue weighted by molar-refractivity contribution is -0.115.